The van der Waals surface area contributed by atoms with Crippen LogP contribution in [0, 0.1) is 12.8 Å². The van der Waals surface area contributed by atoms with E-state index in [1.165, 1.54) is 31.5 Å². The smallest absolute Gasteiger partial charge is 0.131 e. The third-order valence-electron chi connectivity index (χ3n) is 2.97. The summed E-state index contributed by atoms with van der Waals surface area (Å²) in [5.74, 6) is 2.05. The van der Waals surface area contributed by atoms with Crippen molar-refractivity contribution in [2.45, 2.75) is 26.7 Å². The van der Waals surface area contributed by atoms with E-state index in [-0.39, 0.29) is 0 Å². The molecule has 1 aliphatic heterocycles. The molecule has 0 unspecified atom stereocenters. The summed E-state index contributed by atoms with van der Waals surface area (Å²) >= 11 is 3.44. The zero-order valence-electron chi connectivity index (χ0n) is 9.33. The summed E-state index contributed by atoms with van der Waals surface area (Å²) in [7, 11) is 0. The number of rotatable bonds is 3. The van der Waals surface area contributed by atoms with Gasteiger partial charge >= 0.3 is 0 Å². The maximum absolute atomic E-state index is 4.47. The second kappa shape index (κ2) is 4.52. The van der Waals surface area contributed by atoms with Gasteiger partial charge in [-0.1, -0.05) is 13.3 Å². The topological polar surface area (TPSA) is 16.1 Å². The summed E-state index contributed by atoms with van der Waals surface area (Å²) in [4.78, 5) is 6.85. The highest BCUT2D eigenvalue weighted by Crippen LogP contribution is 2.29. The minimum absolute atomic E-state index is 0.889. The first-order chi connectivity index (χ1) is 7.20. The second-order valence-electron chi connectivity index (χ2n) is 4.35. The van der Waals surface area contributed by atoms with Crippen LogP contribution >= 0.6 is 15.9 Å². The molecule has 2 nitrogen and oxygen atoms in total. The highest BCUT2D eigenvalue weighted by molar-refractivity contribution is 9.10. The fraction of sp³-hybridized carbons (Fsp3) is 0.583. The van der Waals surface area contributed by atoms with Crippen LogP contribution in [0.1, 0.15) is 25.3 Å². The van der Waals surface area contributed by atoms with Crippen LogP contribution in [0.4, 0.5) is 5.82 Å². The molecule has 0 aromatic carbocycles. The highest BCUT2D eigenvalue weighted by atomic mass is 79.9. The van der Waals surface area contributed by atoms with Crippen LogP contribution < -0.4 is 4.90 Å². The average Bonchev–Trinajstić information content (AvgIpc) is 2.12. The third-order valence-corrected chi connectivity index (χ3v) is 3.40. The van der Waals surface area contributed by atoms with Crippen LogP contribution in [-0.2, 0) is 0 Å². The summed E-state index contributed by atoms with van der Waals surface area (Å²) in [5, 5.41) is 0. The van der Waals surface area contributed by atoms with E-state index in [1.807, 2.05) is 6.20 Å². The summed E-state index contributed by atoms with van der Waals surface area (Å²) in [6, 6.07) is 2.13. The minimum Gasteiger partial charge on any atom is -0.356 e. The molecule has 0 saturated carbocycles. The van der Waals surface area contributed by atoms with Crippen molar-refractivity contribution in [3.8, 4) is 0 Å². The molecule has 1 aliphatic rings. The Balaban J connectivity index is 2.01. The van der Waals surface area contributed by atoms with Crippen LogP contribution in [0.2, 0.25) is 0 Å². The number of nitrogens with zero attached hydrogens (tertiary/aromatic N) is 2. The van der Waals surface area contributed by atoms with Crippen LogP contribution in [0.5, 0.6) is 0 Å². The van der Waals surface area contributed by atoms with E-state index < -0.39 is 0 Å². The lowest BCUT2D eigenvalue weighted by atomic mass is 9.95. The number of hydrogen-bond donors (Lipinski definition) is 0. The first kappa shape index (κ1) is 10.9. The van der Waals surface area contributed by atoms with Crippen molar-refractivity contribution in [1.29, 1.82) is 0 Å². The molecular weight excluding hydrogens is 252 g/mol. The normalized spacial score (nSPS) is 16.6. The van der Waals surface area contributed by atoms with Gasteiger partial charge in [0, 0.05) is 23.8 Å². The standard InChI is InChI=1S/C12H17BrN2/c1-3-4-10-7-15(8-10)12-9(2)5-11(13)6-14-12/h5-6,10H,3-4,7-8H2,1-2H3. The van der Waals surface area contributed by atoms with Crippen LogP contribution in [0.3, 0.4) is 0 Å². The highest BCUT2D eigenvalue weighted by Gasteiger charge is 2.27. The Labute approximate surface area is 99.8 Å². The van der Waals surface area contributed by atoms with Gasteiger partial charge in [0.1, 0.15) is 5.82 Å². The molecular formula is C12H17BrN2. The Kier molecular flexibility index (Phi) is 3.29. The van der Waals surface area contributed by atoms with E-state index in [2.05, 4.69) is 45.7 Å². The number of hydrogen-bond acceptors (Lipinski definition) is 2. The fourth-order valence-electron chi connectivity index (χ4n) is 2.20. The predicted molar refractivity (Wildman–Crippen MR) is 67.3 cm³/mol. The largest absolute Gasteiger partial charge is 0.356 e. The van der Waals surface area contributed by atoms with Gasteiger partial charge < -0.3 is 4.90 Å². The van der Waals surface area contributed by atoms with Gasteiger partial charge in [-0.15, -0.1) is 0 Å². The molecule has 0 bridgehead atoms. The van der Waals surface area contributed by atoms with E-state index in [4.69, 9.17) is 0 Å². The molecule has 1 fully saturated rings. The summed E-state index contributed by atoms with van der Waals surface area (Å²) < 4.78 is 1.06. The molecule has 1 aromatic heterocycles. The van der Waals surface area contributed by atoms with Crippen LogP contribution in [0.25, 0.3) is 0 Å². The molecule has 1 aromatic rings. The van der Waals surface area contributed by atoms with E-state index in [0.717, 1.165) is 16.2 Å². The molecule has 0 amide bonds. The summed E-state index contributed by atoms with van der Waals surface area (Å²) in [6.07, 6.45) is 4.53. The molecule has 0 aliphatic carbocycles. The zero-order valence-corrected chi connectivity index (χ0v) is 10.9. The Morgan fingerprint density at radius 3 is 2.87 bits per heavy atom. The molecule has 82 valence electrons. The number of anilines is 1. The van der Waals surface area contributed by atoms with Crippen molar-refractivity contribution in [3.05, 3.63) is 22.3 Å². The van der Waals surface area contributed by atoms with Crippen molar-refractivity contribution >= 4 is 21.7 Å². The number of halogens is 1. The molecule has 0 N–H and O–H groups in total. The third kappa shape index (κ3) is 2.33. The molecule has 0 atom stereocenters. The van der Waals surface area contributed by atoms with Crippen LogP contribution in [-0.4, -0.2) is 18.1 Å². The maximum atomic E-state index is 4.47. The molecule has 1 saturated heterocycles. The molecule has 2 heterocycles. The van der Waals surface area contributed by atoms with E-state index in [9.17, 15) is 0 Å². The van der Waals surface area contributed by atoms with E-state index in [1.54, 1.807) is 0 Å². The predicted octanol–water partition coefficient (Wildman–Crippen LogP) is 3.39. The molecule has 0 radical (unpaired) electrons. The van der Waals surface area contributed by atoms with E-state index in [0.29, 0.717) is 0 Å². The molecule has 2 rings (SSSR count). The lowest BCUT2D eigenvalue weighted by molar-refractivity contribution is 0.377. The Hall–Kier alpha value is -0.570. The van der Waals surface area contributed by atoms with Crippen molar-refractivity contribution < 1.29 is 0 Å². The Morgan fingerprint density at radius 1 is 1.53 bits per heavy atom. The van der Waals surface area contributed by atoms with Gasteiger partial charge in [-0.25, -0.2) is 4.98 Å². The van der Waals surface area contributed by atoms with Crippen molar-refractivity contribution in [1.82, 2.24) is 4.98 Å². The first-order valence-corrected chi connectivity index (χ1v) is 6.37. The summed E-state index contributed by atoms with van der Waals surface area (Å²) in [5.41, 5.74) is 1.26. The maximum Gasteiger partial charge on any atom is 0.131 e. The average molecular weight is 269 g/mol. The number of aromatic nitrogens is 1. The van der Waals surface area contributed by atoms with Crippen LogP contribution in [0.15, 0.2) is 16.7 Å². The number of pyridine rings is 1. The monoisotopic (exact) mass is 268 g/mol. The summed E-state index contributed by atoms with van der Waals surface area (Å²) in [6.45, 7) is 6.75. The Bertz CT molecular complexity index is 345. The van der Waals surface area contributed by atoms with Crippen molar-refractivity contribution in [3.63, 3.8) is 0 Å². The zero-order chi connectivity index (χ0) is 10.8. The molecule has 3 heteroatoms. The second-order valence-corrected chi connectivity index (χ2v) is 5.27. The van der Waals surface area contributed by atoms with Gasteiger partial charge in [-0.05, 0) is 46.8 Å². The SMILES string of the molecule is CCCC1CN(c2ncc(Br)cc2C)C1. The van der Waals surface area contributed by atoms with Gasteiger partial charge in [0.2, 0.25) is 0 Å². The minimum atomic E-state index is 0.889. The fourth-order valence-corrected chi connectivity index (χ4v) is 2.64. The first-order valence-electron chi connectivity index (χ1n) is 5.57. The van der Waals surface area contributed by atoms with Gasteiger partial charge in [0.25, 0.3) is 0 Å². The van der Waals surface area contributed by atoms with E-state index >= 15 is 0 Å². The number of aryl methyl sites for hydroxylation is 1. The quantitative estimate of drug-likeness (QED) is 0.836. The van der Waals surface area contributed by atoms with Gasteiger partial charge in [-0.3, -0.25) is 0 Å². The lowest BCUT2D eigenvalue weighted by Gasteiger charge is -2.41. The molecule has 0 spiro atoms. The van der Waals surface area contributed by atoms with Gasteiger partial charge in [0.15, 0.2) is 0 Å². The lowest BCUT2D eigenvalue weighted by Crippen LogP contribution is -2.47. The van der Waals surface area contributed by atoms with Crippen molar-refractivity contribution in [2.24, 2.45) is 5.92 Å². The Morgan fingerprint density at radius 2 is 2.27 bits per heavy atom. The molecule has 15 heavy (non-hydrogen) atoms. The van der Waals surface area contributed by atoms with Gasteiger partial charge in [-0.2, -0.15) is 0 Å². The van der Waals surface area contributed by atoms with Crippen molar-refractivity contribution in [2.75, 3.05) is 18.0 Å². The van der Waals surface area contributed by atoms with Gasteiger partial charge in [0.05, 0.1) is 0 Å².